The van der Waals surface area contributed by atoms with Crippen molar-refractivity contribution < 1.29 is 13.5 Å². The highest BCUT2D eigenvalue weighted by molar-refractivity contribution is 5.63. The van der Waals surface area contributed by atoms with Gasteiger partial charge in [0.2, 0.25) is 0 Å². The fourth-order valence-corrected chi connectivity index (χ4v) is 1.03. The first-order valence-corrected chi connectivity index (χ1v) is 3.80. The lowest BCUT2D eigenvalue weighted by Crippen LogP contribution is -2.05. The molecule has 0 saturated heterocycles. The maximum Gasteiger partial charge on any atom is 0.387 e. The second-order valence-electron chi connectivity index (χ2n) is 2.64. The number of nitrogens with zero attached hydrogens (tertiary/aromatic N) is 1. The standard InChI is InChI=1S/C9H8F2N2O/c1-5-7(14-9(10)11)3-2-6(4-12)8(5)13/h2-3,9H,13H2,1H3. The van der Waals surface area contributed by atoms with E-state index in [1.165, 1.54) is 19.1 Å². The van der Waals surface area contributed by atoms with Gasteiger partial charge in [0.15, 0.2) is 0 Å². The molecule has 0 aromatic heterocycles. The molecule has 2 N–H and O–H groups in total. The van der Waals surface area contributed by atoms with Gasteiger partial charge in [-0.05, 0) is 19.1 Å². The molecule has 0 saturated carbocycles. The molecule has 0 aliphatic rings. The van der Waals surface area contributed by atoms with Crippen LogP contribution in [0.3, 0.4) is 0 Å². The lowest BCUT2D eigenvalue weighted by Gasteiger charge is -2.10. The van der Waals surface area contributed by atoms with E-state index in [4.69, 9.17) is 11.0 Å². The Kier molecular flexibility index (Phi) is 2.87. The van der Waals surface area contributed by atoms with Gasteiger partial charge in [-0.25, -0.2) is 0 Å². The molecule has 1 rings (SSSR count). The Bertz CT molecular complexity index is 385. The average Bonchev–Trinajstić information content (AvgIpc) is 2.13. The second-order valence-corrected chi connectivity index (χ2v) is 2.64. The predicted molar refractivity (Wildman–Crippen MR) is 46.9 cm³/mol. The third-order valence-corrected chi connectivity index (χ3v) is 1.80. The van der Waals surface area contributed by atoms with Crippen molar-refractivity contribution in [2.24, 2.45) is 0 Å². The van der Waals surface area contributed by atoms with Crippen molar-refractivity contribution in [3.8, 4) is 11.8 Å². The Balaban J connectivity index is 3.12. The van der Waals surface area contributed by atoms with Gasteiger partial charge in [-0.15, -0.1) is 0 Å². The normalized spacial score (nSPS) is 9.93. The molecule has 5 heteroatoms. The van der Waals surface area contributed by atoms with Crippen molar-refractivity contribution in [1.29, 1.82) is 5.26 Å². The molecule has 0 heterocycles. The Hall–Kier alpha value is -1.83. The van der Waals surface area contributed by atoms with Gasteiger partial charge >= 0.3 is 6.61 Å². The molecule has 0 aliphatic carbocycles. The summed E-state index contributed by atoms with van der Waals surface area (Å²) in [5.41, 5.74) is 6.30. The van der Waals surface area contributed by atoms with Crippen LogP contribution in [-0.4, -0.2) is 6.61 Å². The molecule has 0 atom stereocenters. The number of benzene rings is 1. The highest BCUT2D eigenvalue weighted by Crippen LogP contribution is 2.27. The van der Waals surface area contributed by atoms with Crippen molar-refractivity contribution in [2.75, 3.05) is 5.73 Å². The fourth-order valence-electron chi connectivity index (χ4n) is 1.03. The highest BCUT2D eigenvalue weighted by Gasteiger charge is 2.11. The van der Waals surface area contributed by atoms with E-state index in [-0.39, 0.29) is 17.0 Å². The van der Waals surface area contributed by atoms with Gasteiger partial charge in [-0.2, -0.15) is 14.0 Å². The first-order valence-electron chi connectivity index (χ1n) is 3.80. The van der Waals surface area contributed by atoms with Gasteiger partial charge in [0.05, 0.1) is 11.3 Å². The summed E-state index contributed by atoms with van der Waals surface area (Å²) >= 11 is 0. The van der Waals surface area contributed by atoms with Crippen LogP contribution in [0.25, 0.3) is 0 Å². The molecular formula is C9H8F2N2O. The molecule has 3 nitrogen and oxygen atoms in total. The summed E-state index contributed by atoms with van der Waals surface area (Å²) in [7, 11) is 0. The lowest BCUT2D eigenvalue weighted by atomic mass is 10.1. The molecule has 0 spiro atoms. The van der Waals surface area contributed by atoms with Crippen LogP contribution in [0.4, 0.5) is 14.5 Å². The molecule has 0 unspecified atom stereocenters. The molecule has 0 amide bonds. The van der Waals surface area contributed by atoms with Crippen molar-refractivity contribution in [1.82, 2.24) is 0 Å². The zero-order valence-corrected chi connectivity index (χ0v) is 7.42. The Morgan fingerprint density at radius 2 is 2.14 bits per heavy atom. The summed E-state index contributed by atoms with van der Waals surface area (Å²) in [5, 5.41) is 8.60. The van der Waals surface area contributed by atoms with Gasteiger partial charge in [0, 0.05) is 5.56 Å². The van der Waals surface area contributed by atoms with Crippen molar-refractivity contribution >= 4 is 5.69 Å². The summed E-state index contributed by atoms with van der Waals surface area (Å²) in [6, 6.07) is 4.50. The molecule has 0 aliphatic heterocycles. The number of alkyl halides is 2. The molecule has 1 aromatic rings. The number of hydrogen-bond donors (Lipinski definition) is 1. The number of anilines is 1. The van der Waals surface area contributed by atoms with Crippen molar-refractivity contribution in [3.05, 3.63) is 23.3 Å². The molecule has 0 bridgehead atoms. The van der Waals surface area contributed by atoms with Crippen LogP contribution in [0, 0.1) is 18.3 Å². The second kappa shape index (κ2) is 3.92. The van der Waals surface area contributed by atoms with Crippen LogP contribution in [0.5, 0.6) is 5.75 Å². The SMILES string of the molecule is Cc1c(OC(F)F)ccc(C#N)c1N. The number of nitrogens with two attached hydrogens (primary N) is 1. The largest absolute Gasteiger partial charge is 0.434 e. The van der Waals surface area contributed by atoms with Crippen LogP contribution in [0.2, 0.25) is 0 Å². The Morgan fingerprint density at radius 1 is 1.50 bits per heavy atom. The van der Waals surface area contributed by atoms with Gasteiger partial charge < -0.3 is 10.5 Å². The molecule has 0 fully saturated rings. The first kappa shape index (κ1) is 10.3. The first-order chi connectivity index (χ1) is 6.56. The average molecular weight is 198 g/mol. The van der Waals surface area contributed by atoms with Crippen molar-refractivity contribution in [3.63, 3.8) is 0 Å². The number of hydrogen-bond acceptors (Lipinski definition) is 3. The zero-order chi connectivity index (χ0) is 10.7. The molecule has 0 radical (unpaired) electrons. The minimum Gasteiger partial charge on any atom is -0.434 e. The summed E-state index contributed by atoms with van der Waals surface area (Å²) in [5.74, 6) is -0.00324. The van der Waals surface area contributed by atoms with Gasteiger partial charge in [-0.3, -0.25) is 0 Å². The van der Waals surface area contributed by atoms with E-state index in [0.29, 0.717) is 5.56 Å². The maximum atomic E-state index is 11.9. The smallest absolute Gasteiger partial charge is 0.387 e. The molecule has 14 heavy (non-hydrogen) atoms. The predicted octanol–water partition coefficient (Wildman–Crippen LogP) is 2.05. The topological polar surface area (TPSA) is 59.0 Å². The minimum absolute atomic E-state index is 0.00324. The van der Waals surface area contributed by atoms with Crippen LogP contribution in [0.1, 0.15) is 11.1 Å². The van der Waals surface area contributed by atoms with Gasteiger partial charge in [0.25, 0.3) is 0 Å². The molecule has 74 valence electrons. The van der Waals surface area contributed by atoms with Crippen molar-refractivity contribution in [2.45, 2.75) is 13.5 Å². The van der Waals surface area contributed by atoms with Crippen LogP contribution >= 0.6 is 0 Å². The summed E-state index contributed by atoms with van der Waals surface area (Å²) in [4.78, 5) is 0. The third-order valence-electron chi connectivity index (χ3n) is 1.80. The summed E-state index contributed by atoms with van der Waals surface area (Å²) in [6.07, 6.45) is 0. The quantitative estimate of drug-likeness (QED) is 0.740. The summed E-state index contributed by atoms with van der Waals surface area (Å²) in [6.45, 7) is -1.37. The van der Waals surface area contributed by atoms with E-state index in [0.717, 1.165) is 0 Å². The number of rotatable bonds is 2. The van der Waals surface area contributed by atoms with E-state index in [2.05, 4.69) is 4.74 Å². The van der Waals surface area contributed by atoms with Gasteiger partial charge in [0.1, 0.15) is 11.8 Å². The van der Waals surface area contributed by atoms with Crippen LogP contribution in [-0.2, 0) is 0 Å². The number of nitriles is 1. The van der Waals surface area contributed by atoms with Crippen LogP contribution in [0.15, 0.2) is 12.1 Å². The van der Waals surface area contributed by atoms with E-state index < -0.39 is 6.61 Å². The van der Waals surface area contributed by atoms with E-state index in [1.807, 2.05) is 6.07 Å². The monoisotopic (exact) mass is 198 g/mol. The zero-order valence-electron chi connectivity index (χ0n) is 7.42. The number of halogens is 2. The molecular weight excluding hydrogens is 190 g/mol. The Labute approximate surface area is 79.7 Å². The van der Waals surface area contributed by atoms with E-state index in [1.54, 1.807) is 0 Å². The maximum absolute atomic E-state index is 11.9. The van der Waals surface area contributed by atoms with Gasteiger partial charge in [-0.1, -0.05) is 0 Å². The third kappa shape index (κ3) is 1.91. The minimum atomic E-state index is -2.89. The highest BCUT2D eigenvalue weighted by atomic mass is 19.3. The van der Waals surface area contributed by atoms with E-state index >= 15 is 0 Å². The van der Waals surface area contributed by atoms with Crippen LogP contribution < -0.4 is 10.5 Å². The summed E-state index contributed by atoms with van der Waals surface area (Å²) < 4.78 is 28.0. The lowest BCUT2D eigenvalue weighted by molar-refractivity contribution is -0.0502. The number of nitrogen functional groups attached to an aromatic ring is 1. The molecule has 1 aromatic carbocycles. The number of ether oxygens (including phenoxy) is 1. The fraction of sp³-hybridized carbons (Fsp3) is 0.222. The van der Waals surface area contributed by atoms with E-state index in [9.17, 15) is 8.78 Å². The Morgan fingerprint density at radius 3 is 2.64 bits per heavy atom.